The Balaban J connectivity index is 2.12. The zero-order valence-electron chi connectivity index (χ0n) is 15.3. The summed E-state index contributed by atoms with van der Waals surface area (Å²) in [5.74, 6) is 0.373. The predicted molar refractivity (Wildman–Crippen MR) is 97.3 cm³/mol. The van der Waals surface area contributed by atoms with Gasteiger partial charge in [0.25, 0.3) is 0 Å². The maximum atomic E-state index is 12.5. The van der Waals surface area contributed by atoms with E-state index in [9.17, 15) is 9.90 Å². The van der Waals surface area contributed by atoms with Gasteiger partial charge in [0.05, 0.1) is 11.7 Å². The fourth-order valence-corrected chi connectivity index (χ4v) is 2.99. The number of amides is 2. The number of anilines is 1. The zero-order chi connectivity index (χ0) is 18.4. The van der Waals surface area contributed by atoms with Crippen LogP contribution in [0.1, 0.15) is 33.3 Å². The Kier molecular flexibility index (Phi) is 4.24. The minimum absolute atomic E-state index is 0.193. The van der Waals surface area contributed by atoms with E-state index in [4.69, 9.17) is 0 Å². The fourth-order valence-electron chi connectivity index (χ4n) is 2.99. The third-order valence-electron chi connectivity index (χ3n) is 4.70. The summed E-state index contributed by atoms with van der Waals surface area (Å²) in [6.45, 7) is 8.09. The topological polar surface area (TPSA) is 69.6 Å². The number of aliphatic hydroxyl groups excluding tert-OH is 1. The molecule has 1 aromatic heterocycles. The first-order valence-corrected chi connectivity index (χ1v) is 8.39. The van der Waals surface area contributed by atoms with Gasteiger partial charge in [-0.2, -0.15) is 0 Å². The van der Waals surface area contributed by atoms with Crippen molar-refractivity contribution in [1.29, 1.82) is 0 Å². The first-order chi connectivity index (χ1) is 11.7. The van der Waals surface area contributed by atoms with E-state index >= 15 is 0 Å². The zero-order valence-corrected chi connectivity index (χ0v) is 15.3. The van der Waals surface area contributed by atoms with Crippen LogP contribution >= 0.6 is 0 Å². The molecule has 0 radical (unpaired) electrons. The van der Waals surface area contributed by atoms with Crippen molar-refractivity contribution in [1.82, 2.24) is 15.1 Å². The van der Waals surface area contributed by atoms with Crippen LogP contribution in [0.5, 0.6) is 0 Å². The molecule has 132 valence electrons. The Morgan fingerprint density at radius 3 is 2.28 bits per heavy atom. The molecule has 6 heteroatoms. The van der Waals surface area contributed by atoms with Gasteiger partial charge in [-0.3, -0.25) is 0 Å². The van der Waals surface area contributed by atoms with Gasteiger partial charge in [-0.15, -0.1) is 10.2 Å². The van der Waals surface area contributed by atoms with E-state index in [1.165, 1.54) is 9.80 Å². The fraction of sp³-hybridized carbons (Fsp3) is 0.421. The number of carbonyl (C=O) groups is 1. The summed E-state index contributed by atoms with van der Waals surface area (Å²) in [4.78, 5) is 15.3. The van der Waals surface area contributed by atoms with Crippen LogP contribution in [0.15, 0.2) is 36.4 Å². The molecule has 0 aliphatic carbocycles. The van der Waals surface area contributed by atoms with Crippen molar-refractivity contribution in [2.75, 3.05) is 11.9 Å². The van der Waals surface area contributed by atoms with Gasteiger partial charge < -0.3 is 10.0 Å². The molecule has 1 saturated heterocycles. The van der Waals surface area contributed by atoms with E-state index in [2.05, 4.69) is 31.0 Å². The first-order valence-electron chi connectivity index (χ1n) is 8.39. The number of nitrogens with zero attached hydrogens (tertiary/aromatic N) is 4. The van der Waals surface area contributed by atoms with E-state index in [1.807, 2.05) is 36.4 Å². The van der Waals surface area contributed by atoms with Gasteiger partial charge in [0, 0.05) is 12.6 Å². The monoisotopic (exact) mass is 340 g/mol. The molecule has 1 aromatic carbocycles. The third kappa shape index (κ3) is 2.98. The number of aliphatic hydroxyl groups is 1. The van der Waals surface area contributed by atoms with Gasteiger partial charge in [-0.05, 0) is 24.0 Å². The van der Waals surface area contributed by atoms with Crippen molar-refractivity contribution in [3.8, 4) is 11.3 Å². The average Bonchev–Trinajstić information content (AvgIpc) is 2.78. The maximum Gasteiger partial charge on any atom is 0.328 e. The molecule has 0 bridgehead atoms. The highest BCUT2D eigenvalue weighted by atomic mass is 16.3. The lowest BCUT2D eigenvalue weighted by molar-refractivity contribution is 0.138. The Morgan fingerprint density at radius 1 is 1.12 bits per heavy atom. The summed E-state index contributed by atoms with van der Waals surface area (Å²) in [5.41, 5.74) is 2.55. The van der Waals surface area contributed by atoms with Gasteiger partial charge >= 0.3 is 6.03 Å². The van der Waals surface area contributed by atoms with Crippen LogP contribution in [0.25, 0.3) is 11.3 Å². The van der Waals surface area contributed by atoms with Gasteiger partial charge in [-0.1, -0.05) is 51.1 Å². The summed E-state index contributed by atoms with van der Waals surface area (Å²) in [7, 11) is 1.67. The number of carbonyl (C=O) groups excluding carboxylic acids is 1. The number of rotatable bonds is 2. The summed E-state index contributed by atoms with van der Waals surface area (Å²) in [6.07, 6.45) is -0.942. The van der Waals surface area contributed by atoms with E-state index < -0.39 is 6.23 Å². The summed E-state index contributed by atoms with van der Waals surface area (Å²) < 4.78 is 0. The van der Waals surface area contributed by atoms with Gasteiger partial charge in [0.15, 0.2) is 12.0 Å². The average molecular weight is 340 g/mol. The van der Waals surface area contributed by atoms with Crippen molar-refractivity contribution in [2.45, 2.75) is 45.4 Å². The minimum atomic E-state index is -0.942. The van der Waals surface area contributed by atoms with Crippen LogP contribution in [-0.4, -0.2) is 45.6 Å². The highest BCUT2D eigenvalue weighted by Crippen LogP contribution is 2.34. The minimum Gasteiger partial charge on any atom is -0.371 e. The van der Waals surface area contributed by atoms with Gasteiger partial charge in [0.2, 0.25) is 0 Å². The van der Waals surface area contributed by atoms with E-state index in [-0.39, 0.29) is 17.5 Å². The molecule has 1 aliphatic heterocycles. The van der Waals surface area contributed by atoms with Gasteiger partial charge in [0.1, 0.15) is 0 Å². The number of benzene rings is 1. The second-order valence-corrected chi connectivity index (χ2v) is 7.50. The van der Waals surface area contributed by atoms with E-state index in [0.717, 1.165) is 16.8 Å². The number of hydrogen-bond acceptors (Lipinski definition) is 4. The molecule has 3 rings (SSSR count). The van der Waals surface area contributed by atoms with Crippen LogP contribution in [0, 0.1) is 0 Å². The molecule has 0 spiro atoms. The number of urea groups is 1. The van der Waals surface area contributed by atoms with Crippen molar-refractivity contribution in [3.05, 3.63) is 42.0 Å². The van der Waals surface area contributed by atoms with E-state index in [1.54, 1.807) is 14.0 Å². The Morgan fingerprint density at radius 2 is 1.76 bits per heavy atom. The van der Waals surface area contributed by atoms with E-state index in [0.29, 0.717) is 5.82 Å². The summed E-state index contributed by atoms with van der Waals surface area (Å²) >= 11 is 0. The molecule has 0 saturated carbocycles. The second-order valence-electron chi connectivity index (χ2n) is 7.50. The molecular formula is C19H24N4O2. The summed E-state index contributed by atoms with van der Waals surface area (Å²) in [5, 5.41) is 19.1. The molecule has 1 fully saturated rings. The standard InChI is InChI=1S/C19H24N4O2/c1-12-17(24)23(18(25)22(12)5)15-11-14(19(2,3)4)16(21-20-15)13-9-7-6-8-10-13/h6-12,17,24H,1-5H3. The van der Waals surface area contributed by atoms with Crippen molar-refractivity contribution >= 4 is 11.8 Å². The van der Waals surface area contributed by atoms with Crippen LogP contribution in [0.2, 0.25) is 0 Å². The highest BCUT2D eigenvalue weighted by Gasteiger charge is 2.42. The summed E-state index contributed by atoms with van der Waals surface area (Å²) in [6, 6.07) is 11.1. The van der Waals surface area contributed by atoms with Crippen molar-refractivity contribution in [3.63, 3.8) is 0 Å². The van der Waals surface area contributed by atoms with Crippen LogP contribution in [-0.2, 0) is 5.41 Å². The highest BCUT2D eigenvalue weighted by molar-refractivity contribution is 5.94. The molecule has 2 unspecified atom stereocenters. The lowest BCUT2D eigenvalue weighted by Gasteiger charge is -2.25. The first kappa shape index (κ1) is 17.4. The molecule has 2 aromatic rings. The molecule has 2 heterocycles. The molecule has 2 amide bonds. The van der Waals surface area contributed by atoms with Crippen molar-refractivity contribution < 1.29 is 9.90 Å². The van der Waals surface area contributed by atoms with Crippen LogP contribution < -0.4 is 4.90 Å². The molecule has 25 heavy (non-hydrogen) atoms. The quantitative estimate of drug-likeness (QED) is 0.912. The Hall–Kier alpha value is -2.47. The molecule has 1 N–H and O–H groups in total. The molecule has 1 aliphatic rings. The lowest BCUT2D eigenvalue weighted by atomic mass is 9.84. The normalized spacial score (nSPS) is 21.1. The lowest BCUT2D eigenvalue weighted by Crippen LogP contribution is -2.36. The number of aromatic nitrogens is 2. The molecule has 2 atom stereocenters. The SMILES string of the molecule is CC1C(O)N(c2cc(C(C)(C)C)c(-c3ccccc3)nn2)C(=O)N1C. The number of likely N-dealkylation sites (N-methyl/N-ethyl adjacent to an activating group) is 1. The second kappa shape index (κ2) is 6.11. The molecule has 6 nitrogen and oxygen atoms in total. The number of hydrogen-bond donors (Lipinski definition) is 1. The van der Waals surface area contributed by atoms with Crippen LogP contribution in [0.3, 0.4) is 0 Å². The van der Waals surface area contributed by atoms with Crippen LogP contribution in [0.4, 0.5) is 10.6 Å². The maximum absolute atomic E-state index is 12.5. The Bertz CT molecular complexity index is 786. The molecular weight excluding hydrogens is 316 g/mol. The smallest absolute Gasteiger partial charge is 0.328 e. The van der Waals surface area contributed by atoms with Crippen molar-refractivity contribution in [2.24, 2.45) is 0 Å². The third-order valence-corrected chi connectivity index (χ3v) is 4.70. The Labute approximate surface area is 148 Å². The largest absolute Gasteiger partial charge is 0.371 e. The van der Waals surface area contributed by atoms with Gasteiger partial charge in [-0.25, -0.2) is 9.69 Å². The predicted octanol–water partition coefficient (Wildman–Crippen LogP) is 3.02.